The molecule has 59 heavy (non-hydrogen) atoms. The van der Waals surface area contributed by atoms with Gasteiger partial charge in [-0.05, 0) is 99.1 Å². The van der Waals surface area contributed by atoms with Gasteiger partial charge in [0.15, 0.2) is 0 Å². The molecule has 0 fully saturated rings. The summed E-state index contributed by atoms with van der Waals surface area (Å²) in [7, 11) is 0. The molecule has 0 saturated heterocycles. The summed E-state index contributed by atoms with van der Waals surface area (Å²) in [6.07, 6.45) is 0. The van der Waals surface area contributed by atoms with Crippen LogP contribution in [-0.2, 0) is 0 Å². The third-order valence-corrected chi connectivity index (χ3v) is 13.1. The van der Waals surface area contributed by atoms with E-state index in [2.05, 4.69) is 228 Å². The first-order chi connectivity index (χ1) is 29.3. The molecule has 0 N–H and O–H groups in total. The van der Waals surface area contributed by atoms with E-state index in [0.717, 1.165) is 17.1 Å². The number of para-hydroxylation sites is 1. The number of fused-ring (bicyclic) bond motifs is 8. The molecule has 2 nitrogen and oxygen atoms in total. The van der Waals surface area contributed by atoms with Crippen LogP contribution in [0.1, 0.15) is 0 Å². The van der Waals surface area contributed by atoms with Crippen molar-refractivity contribution in [2.24, 2.45) is 0 Å². The van der Waals surface area contributed by atoms with Gasteiger partial charge in [-0.25, -0.2) is 0 Å². The summed E-state index contributed by atoms with van der Waals surface area (Å²) in [4.78, 5) is 2.42. The molecular formula is C56H36N2S. The monoisotopic (exact) mass is 768 g/mol. The molecule has 0 aliphatic carbocycles. The Morgan fingerprint density at radius 1 is 0.356 bits per heavy atom. The van der Waals surface area contributed by atoms with Crippen LogP contribution in [-0.4, -0.2) is 4.57 Å². The average Bonchev–Trinajstić information content (AvgIpc) is 3.86. The number of anilines is 3. The maximum atomic E-state index is 2.49. The first-order valence-electron chi connectivity index (χ1n) is 20.2. The van der Waals surface area contributed by atoms with Crippen molar-refractivity contribution in [1.82, 2.24) is 4.57 Å². The van der Waals surface area contributed by atoms with Crippen molar-refractivity contribution in [3.8, 4) is 27.9 Å². The molecule has 2 aromatic heterocycles. The van der Waals surface area contributed by atoms with E-state index in [-0.39, 0.29) is 0 Å². The Hall–Kier alpha value is -7.46. The van der Waals surface area contributed by atoms with Crippen molar-refractivity contribution in [2.45, 2.75) is 0 Å². The Bertz CT molecular complexity index is 3560. The highest BCUT2D eigenvalue weighted by atomic mass is 32.1. The molecule has 0 bridgehead atoms. The van der Waals surface area contributed by atoms with Crippen molar-refractivity contribution >= 4 is 91.9 Å². The standard InChI is InChI=1S/C56H36N2S/c1-3-20-43-37(14-1)16-10-24-44(43)39-32-34-41(35-33-39)57(49-27-11-17-38-15-2-4-21-45(38)49)42-19-9-18-40(36-42)46-25-12-28-51-55(46)47-22-5-7-26-50(47)58(51)52-29-13-31-54-56(52)48-23-6-8-30-53(48)59-54/h1-36H. The third kappa shape index (κ3) is 5.40. The molecule has 12 rings (SSSR count). The van der Waals surface area contributed by atoms with Crippen LogP contribution in [0.5, 0.6) is 0 Å². The van der Waals surface area contributed by atoms with Crippen molar-refractivity contribution in [2.75, 3.05) is 4.90 Å². The fourth-order valence-corrected chi connectivity index (χ4v) is 10.5. The Kier molecular flexibility index (Phi) is 7.75. The van der Waals surface area contributed by atoms with Gasteiger partial charge in [0, 0.05) is 47.7 Å². The number of hydrogen-bond acceptors (Lipinski definition) is 2. The van der Waals surface area contributed by atoms with Gasteiger partial charge in [-0.15, -0.1) is 11.3 Å². The molecule has 0 amide bonds. The number of aromatic nitrogens is 1. The molecule has 10 aromatic carbocycles. The van der Waals surface area contributed by atoms with E-state index < -0.39 is 0 Å². The lowest BCUT2D eigenvalue weighted by Crippen LogP contribution is -2.10. The Labute approximate surface area is 346 Å². The average molecular weight is 769 g/mol. The van der Waals surface area contributed by atoms with Crippen LogP contribution in [0, 0.1) is 0 Å². The molecule has 0 atom stereocenters. The zero-order valence-corrected chi connectivity index (χ0v) is 32.9. The summed E-state index contributed by atoms with van der Waals surface area (Å²) >= 11 is 1.87. The second-order valence-electron chi connectivity index (χ2n) is 15.3. The van der Waals surface area contributed by atoms with Gasteiger partial charge in [-0.3, -0.25) is 0 Å². The zero-order valence-electron chi connectivity index (χ0n) is 32.1. The van der Waals surface area contributed by atoms with Gasteiger partial charge in [0.1, 0.15) is 0 Å². The summed E-state index contributed by atoms with van der Waals surface area (Å²) < 4.78 is 5.10. The Balaban J connectivity index is 1.05. The summed E-state index contributed by atoms with van der Waals surface area (Å²) in [6.45, 7) is 0. The molecule has 276 valence electrons. The van der Waals surface area contributed by atoms with Crippen LogP contribution in [0.2, 0.25) is 0 Å². The van der Waals surface area contributed by atoms with Crippen LogP contribution in [0.4, 0.5) is 17.1 Å². The molecule has 3 heteroatoms. The van der Waals surface area contributed by atoms with E-state index in [1.807, 2.05) is 11.3 Å². The van der Waals surface area contributed by atoms with E-state index in [9.17, 15) is 0 Å². The SMILES string of the molecule is c1cc(-c2cccc3c2c2ccccc2n3-c2cccc3sc4ccccc4c23)cc(N(c2ccc(-c3cccc4ccccc34)cc2)c2cccc3ccccc23)c1. The number of rotatable bonds is 6. The van der Waals surface area contributed by atoms with Crippen molar-refractivity contribution in [1.29, 1.82) is 0 Å². The topological polar surface area (TPSA) is 8.17 Å². The van der Waals surface area contributed by atoms with Gasteiger partial charge < -0.3 is 9.47 Å². The summed E-state index contributed by atoms with van der Waals surface area (Å²) in [5.74, 6) is 0. The van der Waals surface area contributed by atoms with Crippen molar-refractivity contribution in [3.05, 3.63) is 218 Å². The molecule has 0 unspecified atom stereocenters. The molecular weight excluding hydrogens is 733 g/mol. The van der Waals surface area contributed by atoms with Gasteiger partial charge in [-0.2, -0.15) is 0 Å². The molecule has 0 spiro atoms. The molecule has 2 heterocycles. The normalized spacial score (nSPS) is 11.7. The fraction of sp³-hybridized carbons (Fsp3) is 0. The van der Waals surface area contributed by atoms with Gasteiger partial charge in [0.25, 0.3) is 0 Å². The lowest BCUT2D eigenvalue weighted by atomic mass is 9.97. The van der Waals surface area contributed by atoms with Crippen LogP contribution in [0.3, 0.4) is 0 Å². The second-order valence-corrected chi connectivity index (χ2v) is 16.3. The minimum absolute atomic E-state index is 1.10. The quantitative estimate of drug-likeness (QED) is 0.164. The van der Waals surface area contributed by atoms with E-state index in [0.29, 0.717) is 0 Å². The van der Waals surface area contributed by atoms with Crippen LogP contribution in [0.15, 0.2) is 218 Å². The number of hydrogen-bond donors (Lipinski definition) is 0. The Morgan fingerprint density at radius 3 is 1.83 bits per heavy atom. The molecule has 0 aliphatic rings. The lowest BCUT2D eigenvalue weighted by molar-refractivity contribution is 1.20. The van der Waals surface area contributed by atoms with E-state index >= 15 is 0 Å². The highest BCUT2D eigenvalue weighted by Gasteiger charge is 2.21. The molecule has 0 radical (unpaired) electrons. The minimum atomic E-state index is 1.10. The highest BCUT2D eigenvalue weighted by Crippen LogP contribution is 2.45. The number of nitrogens with zero attached hydrogens (tertiary/aromatic N) is 2. The highest BCUT2D eigenvalue weighted by molar-refractivity contribution is 7.25. The Morgan fingerprint density at radius 2 is 0.966 bits per heavy atom. The largest absolute Gasteiger partial charge is 0.310 e. The van der Waals surface area contributed by atoms with Gasteiger partial charge in [0.05, 0.1) is 22.4 Å². The maximum Gasteiger partial charge on any atom is 0.0555 e. The smallest absolute Gasteiger partial charge is 0.0555 e. The van der Waals surface area contributed by atoms with Gasteiger partial charge in [0.2, 0.25) is 0 Å². The minimum Gasteiger partial charge on any atom is -0.310 e. The predicted molar refractivity (Wildman–Crippen MR) is 254 cm³/mol. The summed E-state index contributed by atoms with van der Waals surface area (Å²) in [5, 5.41) is 10.0. The van der Waals surface area contributed by atoms with E-state index in [1.165, 1.54) is 91.5 Å². The molecule has 12 aromatic rings. The van der Waals surface area contributed by atoms with Gasteiger partial charge in [-0.1, -0.05) is 158 Å². The van der Waals surface area contributed by atoms with Crippen molar-refractivity contribution in [3.63, 3.8) is 0 Å². The predicted octanol–water partition coefficient (Wildman–Crippen LogP) is 16.3. The zero-order chi connectivity index (χ0) is 38.9. The molecule has 0 saturated carbocycles. The third-order valence-electron chi connectivity index (χ3n) is 12.0. The van der Waals surface area contributed by atoms with Gasteiger partial charge >= 0.3 is 0 Å². The lowest BCUT2D eigenvalue weighted by Gasteiger charge is -2.27. The maximum absolute atomic E-state index is 2.49. The van der Waals surface area contributed by atoms with Crippen molar-refractivity contribution < 1.29 is 0 Å². The van der Waals surface area contributed by atoms with Crippen LogP contribution < -0.4 is 4.90 Å². The summed E-state index contributed by atoms with van der Waals surface area (Å²) in [5.41, 5.74) is 11.8. The van der Waals surface area contributed by atoms with E-state index in [4.69, 9.17) is 0 Å². The fourth-order valence-electron chi connectivity index (χ4n) is 9.37. The second kappa shape index (κ2) is 13.6. The summed E-state index contributed by atoms with van der Waals surface area (Å²) in [6, 6.07) is 79.9. The van der Waals surface area contributed by atoms with Crippen LogP contribution in [0.25, 0.3) is 91.5 Å². The van der Waals surface area contributed by atoms with E-state index in [1.54, 1.807) is 0 Å². The number of thiophene rings is 1. The first kappa shape index (κ1) is 33.7. The first-order valence-corrected chi connectivity index (χ1v) is 21.0. The van der Waals surface area contributed by atoms with Crippen LogP contribution >= 0.6 is 11.3 Å². The molecule has 0 aliphatic heterocycles. The number of benzene rings is 10.